The van der Waals surface area contributed by atoms with Crippen molar-refractivity contribution in [3.05, 3.63) is 150 Å². The lowest BCUT2D eigenvalue weighted by Crippen LogP contribution is -2.62. The van der Waals surface area contributed by atoms with E-state index in [0.29, 0.717) is 29.5 Å². The Hall–Kier alpha value is -7.43. The van der Waals surface area contributed by atoms with E-state index in [0.717, 1.165) is 27.2 Å². The number of carbonyl (C=O) groups is 7. The average molecular weight is 1100 g/mol. The SMILES string of the molecule is C[C@@H](O)[C@H](NC(=O)C(CCCCN)NC(=O)[C@@H](Cc1c[nH]c2ccccc12)NC(=O)C(Cc1ccc(O)cc1)NC(=O)C(N)CS)C(=O)N[C@H](CS)C(=O)N[C@H](Cc1ccc(O)cc1)C(=O)[CH]Cc1cccc2ccccc12. The quantitative estimate of drug-likeness (QED) is 0.0238. The molecule has 14 N–H and O–H groups in total. The molecular formula is C57H68N9O10S2. The van der Waals surface area contributed by atoms with Crippen molar-refractivity contribution >= 4 is 88.2 Å². The summed E-state index contributed by atoms with van der Waals surface area (Å²) in [6.45, 7) is 1.51. The first kappa shape index (κ1) is 59.8. The average Bonchev–Trinajstić information content (AvgIpc) is 3.85. The molecule has 0 bridgehead atoms. The van der Waals surface area contributed by atoms with Crippen molar-refractivity contribution in [3.8, 4) is 11.5 Å². The Labute approximate surface area is 463 Å². The smallest absolute Gasteiger partial charge is 0.245 e. The van der Waals surface area contributed by atoms with Crippen LogP contribution >= 0.6 is 25.3 Å². The highest BCUT2D eigenvalue weighted by atomic mass is 32.1. The van der Waals surface area contributed by atoms with Crippen molar-refractivity contribution in [2.24, 2.45) is 11.5 Å². The van der Waals surface area contributed by atoms with Crippen LogP contribution in [0, 0.1) is 6.42 Å². The third-order valence-electron chi connectivity index (χ3n) is 13.2. The number of hydrogen-bond acceptors (Lipinski definition) is 14. The van der Waals surface area contributed by atoms with E-state index in [4.69, 9.17) is 11.5 Å². The number of nitrogens with one attached hydrogen (secondary N) is 7. The van der Waals surface area contributed by atoms with Gasteiger partial charge in [0, 0.05) is 47.9 Å². The number of carbonyl (C=O) groups excluding carboxylic acids is 7. The second-order valence-electron chi connectivity index (χ2n) is 19.0. The highest BCUT2D eigenvalue weighted by Crippen LogP contribution is 2.22. The van der Waals surface area contributed by atoms with E-state index in [1.165, 1.54) is 37.6 Å². The fourth-order valence-electron chi connectivity index (χ4n) is 8.78. The van der Waals surface area contributed by atoms with Crippen LogP contribution in [0.2, 0.25) is 0 Å². The summed E-state index contributed by atoms with van der Waals surface area (Å²) >= 11 is 8.46. The van der Waals surface area contributed by atoms with Gasteiger partial charge in [0.2, 0.25) is 35.4 Å². The number of H-pyrrole nitrogens is 1. The number of thiol groups is 2. The minimum absolute atomic E-state index is 0.00740. The van der Waals surface area contributed by atoms with Crippen molar-refractivity contribution in [2.45, 2.75) is 100 Å². The second kappa shape index (κ2) is 29.4. The maximum absolute atomic E-state index is 14.6. The van der Waals surface area contributed by atoms with Crippen LogP contribution in [-0.4, -0.2) is 128 Å². The van der Waals surface area contributed by atoms with E-state index in [1.54, 1.807) is 30.5 Å². The van der Waals surface area contributed by atoms with Gasteiger partial charge in [-0.15, -0.1) is 0 Å². The minimum Gasteiger partial charge on any atom is -0.508 e. The Morgan fingerprint density at radius 2 is 1.09 bits per heavy atom. The lowest BCUT2D eigenvalue weighted by molar-refractivity contribution is -0.136. The number of benzene rings is 5. The van der Waals surface area contributed by atoms with Gasteiger partial charge in [0.15, 0.2) is 5.78 Å². The van der Waals surface area contributed by atoms with E-state index >= 15 is 0 Å². The lowest BCUT2D eigenvalue weighted by Gasteiger charge is -2.28. The summed E-state index contributed by atoms with van der Waals surface area (Å²) in [7, 11) is 0. The molecule has 0 fully saturated rings. The second-order valence-corrected chi connectivity index (χ2v) is 19.8. The van der Waals surface area contributed by atoms with Gasteiger partial charge in [0.05, 0.1) is 18.2 Å². The van der Waals surface area contributed by atoms with Crippen LogP contribution in [0.3, 0.4) is 0 Å². The van der Waals surface area contributed by atoms with Crippen LogP contribution in [0.25, 0.3) is 21.7 Å². The summed E-state index contributed by atoms with van der Waals surface area (Å²) < 4.78 is 0. The van der Waals surface area contributed by atoms with Gasteiger partial charge in [0.1, 0.15) is 41.7 Å². The first-order valence-corrected chi connectivity index (χ1v) is 26.9. The third-order valence-corrected chi connectivity index (χ3v) is 13.9. The fraction of sp³-hybridized carbons (Fsp3) is 0.333. The Balaban J connectivity index is 1.19. The number of Topliss-reactive ketones (excluding diaryl/α,β-unsaturated/α-hetero) is 1. The molecule has 0 saturated heterocycles. The van der Waals surface area contributed by atoms with Gasteiger partial charge in [-0.05, 0) is 109 Å². The largest absolute Gasteiger partial charge is 0.508 e. The first-order chi connectivity index (χ1) is 37.5. The summed E-state index contributed by atoms with van der Waals surface area (Å²) in [5.74, 6) is -5.61. The molecule has 5 aromatic carbocycles. The van der Waals surface area contributed by atoms with Crippen molar-refractivity contribution in [1.82, 2.24) is 36.9 Å². The Morgan fingerprint density at radius 1 is 0.564 bits per heavy atom. The molecule has 0 aliphatic rings. The van der Waals surface area contributed by atoms with Gasteiger partial charge in [0.25, 0.3) is 0 Å². The van der Waals surface area contributed by atoms with E-state index in [-0.39, 0.29) is 61.7 Å². The summed E-state index contributed by atoms with van der Waals surface area (Å²) in [5, 5.41) is 49.5. The van der Waals surface area contributed by atoms with Crippen LogP contribution < -0.4 is 43.4 Å². The predicted molar refractivity (Wildman–Crippen MR) is 304 cm³/mol. The number of aromatic nitrogens is 1. The van der Waals surface area contributed by atoms with E-state index in [1.807, 2.05) is 66.7 Å². The summed E-state index contributed by atoms with van der Waals surface area (Å²) in [6.07, 6.45) is 2.54. The van der Waals surface area contributed by atoms with Crippen LogP contribution in [0.15, 0.2) is 121 Å². The van der Waals surface area contributed by atoms with Gasteiger partial charge >= 0.3 is 0 Å². The first-order valence-electron chi connectivity index (χ1n) is 25.6. The maximum atomic E-state index is 14.6. The molecule has 0 saturated carbocycles. The van der Waals surface area contributed by atoms with Gasteiger partial charge in [-0.1, -0.05) is 84.9 Å². The number of rotatable bonds is 29. The molecule has 0 spiro atoms. The number of aliphatic hydroxyl groups is 1. The lowest BCUT2D eigenvalue weighted by atomic mass is 9.95. The molecule has 19 nitrogen and oxygen atoms in total. The highest BCUT2D eigenvalue weighted by Gasteiger charge is 2.35. The number of phenolic OH excluding ortho intramolecular Hbond substituents is 2. The van der Waals surface area contributed by atoms with E-state index in [2.05, 4.69) is 62.1 Å². The van der Waals surface area contributed by atoms with Crippen LogP contribution in [0.5, 0.6) is 11.5 Å². The molecular weight excluding hydrogens is 1030 g/mol. The molecule has 1 aromatic heterocycles. The number of phenols is 2. The van der Waals surface area contributed by atoms with Crippen molar-refractivity contribution in [2.75, 3.05) is 18.1 Å². The molecule has 413 valence electrons. The maximum Gasteiger partial charge on any atom is 0.245 e. The van der Waals surface area contributed by atoms with Crippen LogP contribution in [0.4, 0.5) is 0 Å². The molecule has 0 aliphatic heterocycles. The number of nitrogens with two attached hydrogens (primary N) is 2. The van der Waals surface area contributed by atoms with Crippen molar-refractivity contribution < 1.29 is 48.9 Å². The number of amides is 6. The molecule has 6 aromatic rings. The number of ketones is 1. The number of aliphatic hydroxyl groups excluding tert-OH is 1. The van der Waals surface area contributed by atoms with E-state index < -0.39 is 89.6 Å². The molecule has 6 amide bonds. The number of hydrogen-bond donors (Lipinski definition) is 14. The third kappa shape index (κ3) is 17.0. The molecule has 6 rings (SSSR count). The molecule has 0 aliphatic carbocycles. The van der Waals surface area contributed by atoms with Crippen molar-refractivity contribution in [1.29, 1.82) is 0 Å². The fourth-order valence-corrected chi connectivity index (χ4v) is 9.20. The summed E-state index contributed by atoms with van der Waals surface area (Å²) in [6, 6.07) is 23.7. The minimum atomic E-state index is -1.68. The van der Waals surface area contributed by atoms with Gasteiger partial charge in [-0.25, -0.2) is 0 Å². The Morgan fingerprint density at radius 3 is 1.72 bits per heavy atom. The van der Waals surface area contributed by atoms with Crippen LogP contribution in [-0.2, 0) is 59.2 Å². The number of aromatic amines is 1. The molecule has 78 heavy (non-hydrogen) atoms. The Kier molecular flexibility index (Phi) is 22.5. The van der Waals surface area contributed by atoms with Gasteiger partial charge < -0.3 is 63.7 Å². The molecule has 3 unspecified atom stereocenters. The molecule has 1 radical (unpaired) electrons. The monoisotopic (exact) mass is 1100 g/mol. The van der Waals surface area contributed by atoms with E-state index in [9.17, 15) is 48.9 Å². The molecule has 8 atom stereocenters. The highest BCUT2D eigenvalue weighted by molar-refractivity contribution is 7.80. The normalized spacial score (nSPS) is 14.4. The number of aromatic hydroxyl groups is 2. The number of para-hydroxylation sites is 1. The Bertz CT molecular complexity index is 3010. The zero-order valence-electron chi connectivity index (χ0n) is 43.1. The molecule has 1 heterocycles. The van der Waals surface area contributed by atoms with Gasteiger partial charge in [-0.2, -0.15) is 25.3 Å². The number of fused-ring (bicyclic) bond motifs is 2. The van der Waals surface area contributed by atoms with Crippen molar-refractivity contribution in [3.63, 3.8) is 0 Å². The summed E-state index contributed by atoms with van der Waals surface area (Å²) in [5.41, 5.74) is 15.2. The number of unbranched alkanes of at least 4 members (excludes halogenated alkanes) is 1. The predicted octanol–water partition coefficient (Wildman–Crippen LogP) is 2.38. The summed E-state index contributed by atoms with van der Waals surface area (Å²) in [4.78, 5) is 102. The topological polar surface area (TPSA) is 320 Å². The van der Waals surface area contributed by atoms with Crippen LogP contribution in [0.1, 0.15) is 48.4 Å². The standard InChI is InChI=1S/C57H68N9O10S2/c1-33(67)51(57(76)65-49(32-78)56(75)62-46(27-34-16-21-39(68)22-17-34)50(70)25-20-37-11-8-10-36-9-2-3-12-41(36)37)66-53(72)45(15-6-7-26-58)61-55(74)48(29-38-30-60-44-14-5-4-13-42(38)44)64-54(73)47(63-52(71)43(59)31-77)28-35-18-23-40(69)24-19-35/h2-5,8-14,16-19,21-25,30,33,43,45-49,51,60,67-69,77-78H,6-7,15,20,26-29,31-32,58-59H2,1H3,(H,61,74)(H,62,75)(H,63,71)(H,64,73)(H,65,76)(H,66,72)/t33-,43?,45?,46-,47?,48-,49-,51+/m1/s1. The zero-order chi connectivity index (χ0) is 56.3. The zero-order valence-corrected chi connectivity index (χ0v) is 44.9. The molecule has 21 heteroatoms. The van der Waals surface area contributed by atoms with Gasteiger partial charge in [-0.3, -0.25) is 33.6 Å².